The molecule has 0 bridgehead atoms. The number of nitrogens with one attached hydrogen (secondary N) is 2. The van der Waals surface area contributed by atoms with Gasteiger partial charge in [0.25, 0.3) is 0 Å². The van der Waals surface area contributed by atoms with E-state index in [0.717, 1.165) is 13.1 Å². The smallest absolute Gasteiger partial charge is 0.243 e. The molecule has 0 aromatic heterocycles. The van der Waals surface area contributed by atoms with Crippen LogP contribution in [-0.4, -0.2) is 25.5 Å². The van der Waals surface area contributed by atoms with E-state index in [1.807, 2.05) is 6.92 Å². The molecule has 0 spiro atoms. The van der Waals surface area contributed by atoms with Gasteiger partial charge < -0.3 is 10.6 Å². The second-order valence-electron chi connectivity index (χ2n) is 2.06. The highest BCUT2D eigenvalue weighted by atomic mass is 16.1. The molecule has 3 nitrogen and oxygen atoms in total. The van der Waals surface area contributed by atoms with E-state index in [0.29, 0.717) is 6.54 Å². The van der Waals surface area contributed by atoms with Crippen molar-refractivity contribution in [2.45, 2.75) is 20.8 Å². The Balaban J connectivity index is 0. The summed E-state index contributed by atoms with van der Waals surface area (Å²) in [5.41, 5.74) is 0. The van der Waals surface area contributed by atoms with E-state index in [9.17, 15) is 4.79 Å². The summed E-state index contributed by atoms with van der Waals surface area (Å²) in [7, 11) is 0. The van der Waals surface area contributed by atoms with Gasteiger partial charge in [-0.2, -0.15) is 0 Å². The Morgan fingerprint density at radius 3 is 1.83 bits per heavy atom. The van der Waals surface area contributed by atoms with Crippen molar-refractivity contribution in [3.63, 3.8) is 0 Å². The lowest BCUT2D eigenvalue weighted by molar-refractivity contribution is -0.116. The lowest BCUT2D eigenvalue weighted by Gasteiger charge is -1.90. The molecule has 0 aliphatic carbocycles. The fraction of sp³-hybridized carbons (Fsp3) is 0.667. The average molecular weight is 172 g/mol. The first-order valence-corrected chi connectivity index (χ1v) is 4.33. The quantitative estimate of drug-likeness (QED) is 0.619. The number of amides is 1. The third kappa shape index (κ3) is 16.1. The van der Waals surface area contributed by atoms with E-state index < -0.39 is 0 Å². The molecule has 0 atom stereocenters. The fourth-order valence-electron chi connectivity index (χ4n) is 0.496. The maximum absolute atomic E-state index is 10.2. The van der Waals surface area contributed by atoms with E-state index >= 15 is 0 Å². The monoisotopic (exact) mass is 172 g/mol. The number of likely N-dealkylation sites (N-methyl/N-ethyl adjacent to an activating group) is 1. The van der Waals surface area contributed by atoms with Crippen LogP contribution in [0.2, 0.25) is 0 Å². The van der Waals surface area contributed by atoms with Crippen LogP contribution < -0.4 is 10.6 Å². The minimum Gasteiger partial charge on any atom is -0.353 e. The molecule has 12 heavy (non-hydrogen) atoms. The van der Waals surface area contributed by atoms with E-state index in [-0.39, 0.29) is 5.91 Å². The molecule has 3 heteroatoms. The largest absolute Gasteiger partial charge is 0.353 e. The molecule has 0 aliphatic rings. The maximum Gasteiger partial charge on any atom is 0.243 e. The van der Waals surface area contributed by atoms with Crippen LogP contribution in [0.4, 0.5) is 0 Å². The van der Waals surface area contributed by atoms with E-state index in [4.69, 9.17) is 0 Å². The third-order valence-corrected chi connectivity index (χ3v) is 1.04. The first-order chi connectivity index (χ1) is 5.72. The summed E-state index contributed by atoms with van der Waals surface area (Å²) in [6.45, 7) is 12.2. The molecule has 0 unspecified atom stereocenters. The Bertz CT molecular complexity index is 111. The summed E-state index contributed by atoms with van der Waals surface area (Å²) in [6, 6.07) is 0. The van der Waals surface area contributed by atoms with E-state index in [1.165, 1.54) is 6.08 Å². The van der Waals surface area contributed by atoms with Gasteiger partial charge in [-0.15, -0.1) is 0 Å². The number of hydrogen-bond donors (Lipinski definition) is 2. The Kier molecular flexibility index (Phi) is 14.7. The van der Waals surface area contributed by atoms with Crippen molar-refractivity contribution in [1.82, 2.24) is 10.6 Å². The SMILES string of the molecule is C=CC(=O)NCC.CCNCC. The summed E-state index contributed by atoms with van der Waals surface area (Å²) >= 11 is 0. The molecule has 0 saturated carbocycles. The van der Waals surface area contributed by atoms with Gasteiger partial charge in [-0.05, 0) is 26.1 Å². The second-order valence-corrected chi connectivity index (χ2v) is 2.06. The molecule has 1 amide bonds. The molecule has 0 aromatic carbocycles. The summed E-state index contributed by atoms with van der Waals surface area (Å²) in [6.07, 6.45) is 1.25. The van der Waals surface area contributed by atoms with Crippen LogP contribution in [0.5, 0.6) is 0 Å². The molecular formula is C9H20N2O. The summed E-state index contributed by atoms with van der Waals surface area (Å²) < 4.78 is 0. The predicted molar refractivity (Wildman–Crippen MR) is 53.1 cm³/mol. The van der Waals surface area contributed by atoms with Crippen molar-refractivity contribution in [3.8, 4) is 0 Å². The van der Waals surface area contributed by atoms with Crippen LogP contribution in [0.25, 0.3) is 0 Å². The standard InChI is InChI=1S/C5H9NO.C4H11N/c1-3-5(7)6-4-2;1-3-5-4-2/h3H,1,4H2,2H3,(H,6,7);5H,3-4H2,1-2H3. The van der Waals surface area contributed by atoms with Gasteiger partial charge in [0.15, 0.2) is 0 Å². The zero-order chi connectivity index (χ0) is 9.82. The van der Waals surface area contributed by atoms with Crippen LogP contribution in [0.1, 0.15) is 20.8 Å². The molecule has 0 rings (SSSR count). The number of carbonyl (C=O) groups is 1. The van der Waals surface area contributed by atoms with Gasteiger partial charge in [-0.25, -0.2) is 0 Å². The van der Waals surface area contributed by atoms with Gasteiger partial charge in [-0.3, -0.25) is 4.79 Å². The first-order valence-electron chi connectivity index (χ1n) is 4.33. The molecule has 0 fully saturated rings. The molecule has 0 saturated heterocycles. The van der Waals surface area contributed by atoms with Gasteiger partial charge in [0.05, 0.1) is 0 Å². The molecule has 2 N–H and O–H groups in total. The second kappa shape index (κ2) is 12.8. The fourth-order valence-corrected chi connectivity index (χ4v) is 0.496. The molecule has 0 aromatic rings. The zero-order valence-corrected chi connectivity index (χ0v) is 8.31. The van der Waals surface area contributed by atoms with Crippen LogP contribution in [0, 0.1) is 0 Å². The highest BCUT2D eigenvalue weighted by molar-refractivity contribution is 5.86. The Morgan fingerprint density at radius 1 is 1.25 bits per heavy atom. The van der Waals surface area contributed by atoms with E-state index in [1.54, 1.807) is 0 Å². The maximum atomic E-state index is 10.2. The Hall–Kier alpha value is -0.830. The van der Waals surface area contributed by atoms with Gasteiger partial charge in [0.2, 0.25) is 5.91 Å². The highest BCUT2D eigenvalue weighted by Gasteiger charge is 1.83. The van der Waals surface area contributed by atoms with Crippen molar-refractivity contribution >= 4 is 5.91 Å². The Morgan fingerprint density at radius 2 is 1.75 bits per heavy atom. The van der Waals surface area contributed by atoms with Crippen LogP contribution in [0.15, 0.2) is 12.7 Å². The van der Waals surface area contributed by atoms with Gasteiger partial charge in [0.1, 0.15) is 0 Å². The first kappa shape index (κ1) is 13.7. The van der Waals surface area contributed by atoms with Crippen molar-refractivity contribution in [1.29, 1.82) is 0 Å². The predicted octanol–water partition coefficient (Wildman–Crippen LogP) is 0.924. The molecule has 0 aliphatic heterocycles. The van der Waals surface area contributed by atoms with Crippen LogP contribution in [0.3, 0.4) is 0 Å². The number of carbonyl (C=O) groups excluding carboxylic acids is 1. The number of hydrogen-bond acceptors (Lipinski definition) is 2. The van der Waals surface area contributed by atoms with Crippen molar-refractivity contribution in [2.24, 2.45) is 0 Å². The lowest BCUT2D eigenvalue weighted by atomic mass is 10.6. The summed E-state index contributed by atoms with van der Waals surface area (Å²) in [5, 5.41) is 5.65. The summed E-state index contributed by atoms with van der Waals surface area (Å²) in [5.74, 6) is -0.109. The highest BCUT2D eigenvalue weighted by Crippen LogP contribution is 1.61. The lowest BCUT2D eigenvalue weighted by Crippen LogP contribution is -2.19. The number of rotatable bonds is 4. The normalized spacial score (nSPS) is 7.92. The molecule has 0 radical (unpaired) electrons. The van der Waals surface area contributed by atoms with Gasteiger partial charge in [-0.1, -0.05) is 20.4 Å². The topological polar surface area (TPSA) is 41.1 Å². The van der Waals surface area contributed by atoms with Crippen molar-refractivity contribution in [2.75, 3.05) is 19.6 Å². The van der Waals surface area contributed by atoms with Crippen LogP contribution >= 0.6 is 0 Å². The van der Waals surface area contributed by atoms with Crippen molar-refractivity contribution < 1.29 is 4.79 Å². The van der Waals surface area contributed by atoms with Crippen LogP contribution in [-0.2, 0) is 4.79 Å². The van der Waals surface area contributed by atoms with Gasteiger partial charge in [0, 0.05) is 6.54 Å². The van der Waals surface area contributed by atoms with Crippen molar-refractivity contribution in [3.05, 3.63) is 12.7 Å². The summed E-state index contributed by atoms with van der Waals surface area (Å²) in [4.78, 5) is 10.2. The molecule has 72 valence electrons. The zero-order valence-electron chi connectivity index (χ0n) is 8.31. The Labute approximate surface area is 75.2 Å². The molecular weight excluding hydrogens is 152 g/mol. The minimum absolute atomic E-state index is 0.109. The van der Waals surface area contributed by atoms with Gasteiger partial charge >= 0.3 is 0 Å². The molecule has 0 heterocycles. The van der Waals surface area contributed by atoms with E-state index in [2.05, 4.69) is 31.1 Å². The average Bonchev–Trinajstić information content (AvgIpc) is 2.07. The third-order valence-electron chi connectivity index (χ3n) is 1.04. The minimum atomic E-state index is -0.109.